The van der Waals surface area contributed by atoms with E-state index in [-0.39, 0.29) is 19.5 Å². The molecule has 0 rings (SSSR count). The molecule has 0 aromatic carbocycles. The molecule has 0 aliphatic rings. The molecule has 0 aromatic heterocycles. The predicted molar refractivity (Wildman–Crippen MR) is 44.7 cm³/mol. The van der Waals surface area contributed by atoms with Crippen LogP contribution in [0.25, 0.3) is 0 Å². The Bertz CT molecular complexity index is 33.2. The van der Waals surface area contributed by atoms with Crippen LogP contribution in [0, 0.1) is 0 Å². The summed E-state index contributed by atoms with van der Waals surface area (Å²) in [5, 5.41) is 0. The van der Waals surface area contributed by atoms with E-state index in [0.29, 0.717) is 0 Å². The van der Waals surface area contributed by atoms with Crippen molar-refractivity contribution in [3.63, 3.8) is 0 Å². The maximum atomic E-state index is 2.63. The first-order valence-corrected chi connectivity index (χ1v) is 6.19. The molecule has 1 atom stereocenters. The molecule has 1 unspecified atom stereocenters. The predicted octanol–water partition coefficient (Wildman–Crippen LogP) is 2.96. The average Bonchev–Trinajstić information content (AvgIpc) is 1.69. The SMILES string of the molecule is CCCCSSP.[Zn]. The summed E-state index contributed by atoms with van der Waals surface area (Å²) in [6.45, 7) is 2.22. The molecular weight excluding hydrogens is 209 g/mol. The fourth-order valence-electron chi connectivity index (χ4n) is 0.251. The molecule has 0 amide bonds. The zero-order valence-electron chi connectivity index (χ0n) is 5.22. The van der Waals surface area contributed by atoms with Crippen molar-refractivity contribution in [3.8, 4) is 0 Å². The van der Waals surface area contributed by atoms with Crippen molar-refractivity contribution in [2.45, 2.75) is 19.8 Å². The van der Waals surface area contributed by atoms with Crippen molar-refractivity contribution in [2.24, 2.45) is 0 Å². The summed E-state index contributed by atoms with van der Waals surface area (Å²) < 4.78 is 0. The van der Waals surface area contributed by atoms with Crippen molar-refractivity contribution in [1.29, 1.82) is 0 Å². The molecule has 0 saturated carbocycles. The van der Waals surface area contributed by atoms with E-state index in [1.807, 2.05) is 10.8 Å². The molecule has 8 heavy (non-hydrogen) atoms. The fourth-order valence-corrected chi connectivity index (χ4v) is 2.26. The summed E-state index contributed by atoms with van der Waals surface area (Å²) in [4.78, 5) is 0. The van der Waals surface area contributed by atoms with Crippen LogP contribution in [0.15, 0.2) is 0 Å². The molecule has 0 spiro atoms. The Labute approximate surface area is 74.4 Å². The minimum absolute atomic E-state index is 0. The molecule has 0 fully saturated rings. The van der Waals surface area contributed by atoms with Gasteiger partial charge in [0.05, 0.1) is 0 Å². The first-order valence-electron chi connectivity index (χ1n) is 2.40. The van der Waals surface area contributed by atoms with Gasteiger partial charge in [-0.2, -0.15) is 0 Å². The zero-order valence-corrected chi connectivity index (χ0v) is 11.0. The van der Waals surface area contributed by atoms with E-state index in [2.05, 4.69) is 15.4 Å². The molecule has 0 aliphatic carbocycles. The van der Waals surface area contributed by atoms with Crippen molar-refractivity contribution in [2.75, 3.05) is 5.75 Å². The standard InChI is InChI=1S/C4H11PS2.Zn/c1-2-3-4-6-7-5;/h2-5H2,1H3;. The largest absolute Gasteiger partial charge is 0.0901 e. The van der Waals surface area contributed by atoms with E-state index >= 15 is 0 Å². The minimum atomic E-state index is 0. The molecule has 0 heterocycles. The van der Waals surface area contributed by atoms with Gasteiger partial charge in [-0.05, 0) is 6.42 Å². The molecule has 0 N–H and O–H groups in total. The Kier molecular flexibility index (Phi) is 17.9. The van der Waals surface area contributed by atoms with Gasteiger partial charge >= 0.3 is 0 Å². The summed E-state index contributed by atoms with van der Waals surface area (Å²) in [7, 11) is 6.32. The van der Waals surface area contributed by atoms with E-state index in [1.165, 1.54) is 18.6 Å². The van der Waals surface area contributed by atoms with Crippen LogP contribution in [0.4, 0.5) is 0 Å². The van der Waals surface area contributed by atoms with Gasteiger partial charge in [0, 0.05) is 25.2 Å². The quantitative estimate of drug-likeness (QED) is 0.309. The number of unbranched alkanes of at least 4 members (excludes halogenated alkanes) is 1. The maximum absolute atomic E-state index is 2.63. The molecule has 4 heteroatoms. The summed E-state index contributed by atoms with van der Waals surface area (Å²) >= 11 is 0. The Hall–Kier alpha value is 1.75. The minimum Gasteiger partial charge on any atom is -0.0901 e. The van der Waals surface area contributed by atoms with Crippen LogP contribution >= 0.6 is 29.6 Å². The van der Waals surface area contributed by atoms with Gasteiger partial charge in [0.1, 0.15) is 0 Å². The zero-order chi connectivity index (χ0) is 5.54. The molecule has 46 valence electrons. The van der Waals surface area contributed by atoms with E-state index in [9.17, 15) is 0 Å². The topological polar surface area (TPSA) is 0 Å². The second-order valence-corrected chi connectivity index (χ2v) is 5.12. The molecule has 0 radical (unpaired) electrons. The normalized spacial score (nSPS) is 8.25. The first kappa shape index (κ1) is 12.4. The van der Waals surface area contributed by atoms with Crippen LogP contribution in [0.2, 0.25) is 0 Å². The van der Waals surface area contributed by atoms with Crippen LogP contribution in [-0.4, -0.2) is 5.75 Å². The van der Waals surface area contributed by atoms with E-state index < -0.39 is 0 Å². The Balaban J connectivity index is 0. The summed E-state index contributed by atoms with van der Waals surface area (Å²) in [5.74, 6) is 1.30. The molecule has 0 bridgehead atoms. The molecule has 0 nitrogen and oxygen atoms in total. The molecular formula is C4H11PS2Zn. The summed E-state index contributed by atoms with van der Waals surface area (Å²) in [6.07, 6.45) is 2.67. The van der Waals surface area contributed by atoms with E-state index in [4.69, 9.17) is 0 Å². The van der Waals surface area contributed by atoms with Gasteiger partial charge in [-0.3, -0.25) is 0 Å². The molecule has 0 saturated heterocycles. The molecule has 0 aromatic rings. The third kappa shape index (κ3) is 10.7. The smallest absolute Gasteiger partial charge is 0.00398 e. The fraction of sp³-hybridized carbons (Fsp3) is 1.00. The van der Waals surface area contributed by atoms with Gasteiger partial charge < -0.3 is 0 Å². The summed E-state index contributed by atoms with van der Waals surface area (Å²) in [5.41, 5.74) is 0. The van der Waals surface area contributed by atoms with Gasteiger partial charge in [-0.15, -0.1) is 0 Å². The van der Waals surface area contributed by atoms with Crippen LogP contribution in [0.5, 0.6) is 0 Å². The van der Waals surface area contributed by atoms with Crippen molar-refractivity contribution in [3.05, 3.63) is 0 Å². The number of hydrogen-bond donors (Lipinski definition) is 0. The number of hydrogen-bond acceptors (Lipinski definition) is 2. The van der Waals surface area contributed by atoms with Crippen LogP contribution in [0.3, 0.4) is 0 Å². The van der Waals surface area contributed by atoms with Crippen molar-refractivity contribution < 1.29 is 19.5 Å². The molecule has 0 aliphatic heterocycles. The Morgan fingerprint density at radius 3 is 2.50 bits per heavy atom. The van der Waals surface area contributed by atoms with E-state index in [0.717, 1.165) is 0 Å². The van der Waals surface area contributed by atoms with Crippen LogP contribution in [0.1, 0.15) is 19.8 Å². The second-order valence-electron chi connectivity index (χ2n) is 1.27. The van der Waals surface area contributed by atoms with Gasteiger partial charge in [0.2, 0.25) is 0 Å². The van der Waals surface area contributed by atoms with Crippen LogP contribution < -0.4 is 0 Å². The Morgan fingerprint density at radius 1 is 1.50 bits per heavy atom. The number of rotatable bonds is 4. The van der Waals surface area contributed by atoms with Gasteiger partial charge in [-0.25, -0.2) is 0 Å². The van der Waals surface area contributed by atoms with E-state index in [1.54, 1.807) is 10.4 Å². The van der Waals surface area contributed by atoms with Gasteiger partial charge in [-0.1, -0.05) is 43.0 Å². The van der Waals surface area contributed by atoms with Crippen molar-refractivity contribution >= 4 is 29.6 Å². The van der Waals surface area contributed by atoms with Gasteiger partial charge in [0.15, 0.2) is 0 Å². The second kappa shape index (κ2) is 11.5. The third-order valence-corrected chi connectivity index (χ3v) is 3.37. The third-order valence-electron chi connectivity index (χ3n) is 0.649. The monoisotopic (exact) mass is 218 g/mol. The maximum Gasteiger partial charge on any atom is 0.00398 e. The van der Waals surface area contributed by atoms with Crippen LogP contribution in [-0.2, 0) is 19.5 Å². The van der Waals surface area contributed by atoms with Gasteiger partial charge in [0.25, 0.3) is 0 Å². The van der Waals surface area contributed by atoms with Crippen molar-refractivity contribution in [1.82, 2.24) is 0 Å². The first-order chi connectivity index (χ1) is 3.41. The average molecular weight is 220 g/mol. The summed E-state index contributed by atoms with van der Waals surface area (Å²) in [6, 6.07) is 0. The Morgan fingerprint density at radius 2 is 2.12 bits per heavy atom.